The Balaban J connectivity index is 1.73. The molecule has 2 fully saturated rings. The van der Waals surface area contributed by atoms with Gasteiger partial charge in [-0.05, 0) is 44.2 Å². The molecular formula is C18H15ClFNO4S. The predicted octanol–water partition coefficient (Wildman–Crippen LogP) is 3.79. The molecule has 1 unspecified atom stereocenters. The summed E-state index contributed by atoms with van der Waals surface area (Å²) in [6.45, 7) is 0. The summed E-state index contributed by atoms with van der Waals surface area (Å²) < 4.78 is 13.6. The molecule has 1 N–H and O–H groups in total. The summed E-state index contributed by atoms with van der Waals surface area (Å²) >= 11 is 7.13. The maximum absolute atomic E-state index is 14.5. The van der Waals surface area contributed by atoms with Crippen LogP contribution in [0.2, 0.25) is 5.02 Å². The lowest BCUT2D eigenvalue weighted by Gasteiger charge is -2.18. The van der Waals surface area contributed by atoms with Crippen LogP contribution in [-0.4, -0.2) is 27.6 Å². The highest BCUT2D eigenvalue weighted by molar-refractivity contribution is 8.01. The van der Waals surface area contributed by atoms with E-state index in [4.69, 9.17) is 11.6 Å². The third-order valence-corrected chi connectivity index (χ3v) is 7.00. The van der Waals surface area contributed by atoms with Crippen LogP contribution in [-0.2, 0) is 14.4 Å². The van der Waals surface area contributed by atoms with Crippen LogP contribution >= 0.6 is 23.4 Å². The van der Waals surface area contributed by atoms with E-state index in [1.807, 2.05) is 0 Å². The minimum absolute atomic E-state index is 0.0690. The van der Waals surface area contributed by atoms with Crippen LogP contribution in [0, 0.1) is 11.7 Å². The molecule has 1 aliphatic heterocycles. The van der Waals surface area contributed by atoms with E-state index in [1.165, 1.54) is 6.07 Å². The lowest BCUT2D eigenvalue weighted by molar-refractivity contribution is -0.137. The van der Waals surface area contributed by atoms with Crippen LogP contribution in [0.25, 0.3) is 0 Å². The van der Waals surface area contributed by atoms with Crippen LogP contribution in [0.1, 0.15) is 32.1 Å². The fraction of sp³-hybridized carbons (Fsp3) is 0.389. The number of fused-ring (bicyclic) bond motifs is 1. The molecule has 1 saturated heterocycles. The monoisotopic (exact) mass is 395 g/mol. The van der Waals surface area contributed by atoms with E-state index in [0.717, 1.165) is 35.6 Å². The zero-order chi connectivity index (χ0) is 18.6. The van der Waals surface area contributed by atoms with Gasteiger partial charge in [0.2, 0.25) is 5.91 Å². The first-order valence-electron chi connectivity index (χ1n) is 8.34. The maximum Gasteiger partial charge on any atom is 0.320 e. The quantitative estimate of drug-likeness (QED) is 0.785. The Labute approximate surface area is 158 Å². The van der Waals surface area contributed by atoms with Crippen molar-refractivity contribution in [2.45, 2.75) is 41.7 Å². The molecule has 0 bridgehead atoms. The van der Waals surface area contributed by atoms with Crippen molar-refractivity contribution in [1.29, 1.82) is 0 Å². The number of amides is 2. The number of hydrogen-bond donors (Lipinski definition) is 1. The van der Waals surface area contributed by atoms with Crippen molar-refractivity contribution in [2.75, 3.05) is 4.90 Å². The Morgan fingerprint density at radius 2 is 2.08 bits per heavy atom. The number of carboxylic acids is 1. The van der Waals surface area contributed by atoms with Crippen LogP contribution in [0.3, 0.4) is 0 Å². The summed E-state index contributed by atoms with van der Waals surface area (Å²) in [5.74, 6) is -3.18. The van der Waals surface area contributed by atoms with Crippen molar-refractivity contribution in [1.82, 2.24) is 0 Å². The molecule has 1 atom stereocenters. The molecule has 1 aromatic rings. The highest BCUT2D eigenvalue weighted by Crippen LogP contribution is 2.54. The fourth-order valence-corrected chi connectivity index (χ4v) is 4.84. The average molecular weight is 396 g/mol. The van der Waals surface area contributed by atoms with Gasteiger partial charge >= 0.3 is 5.97 Å². The predicted molar refractivity (Wildman–Crippen MR) is 94.8 cm³/mol. The molecule has 0 aromatic heterocycles. The van der Waals surface area contributed by atoms with Crippen molar-refractivity contribution in [3.8, 4) is 0 Å². The van der Waals surface area contributed by atoms with Gasteiger partial charge in [-0.1, -0.05) is 17.7 Å². The number of hydrogen-bond acceptors (Lipinski definition) is 4. The highest BCUT2D eigenvalue weighted by atomic mass is 35.5. The molecule has 4 rings (SSSR count). The van der Waals surface area contributed by atoms with Crippen LogP contribution in [0.15, 0.2) is 28.7 Å². The van der Waals surface area contributed by atoms with Gasteiger partial charge in [0.15, 0.2) is 0 Å². The smallest absolute Gasteiger partial charge is 0.320 e. The number of allylic oxidation sites excluding steroid dienone is 1. The largest absolute Gasteiger partial charge is 0.480 e. The fourth-order valence-electron chi connectivity index (χ4n) is 3.43. The van der Waals surface area contributed by atoms with Gasteiger partial charge in [0.25, 0.3) is 5.91 Å². The van der Waals surface area contributed by atoms with Crippen LogP contribution in [0.4, 0.5) is 10.1 Å². The number of benzene rings is 1. The SMILES string of the molecule is O=C1C2=CCCCC2C(=O)N1c1cc(SC2(C(=O)O)CC2)c(Cl)cc1F. The molecule has 2 amide bonds. The van der Waals surface area contributed by atoms with Gasteiger partial charge in [0.05, 0.1) is 16.6 Å². The number of carbonyl (C=O) groups is 3. The first-order valence-corrected chi connectivity index (χ1v) is 9.53. The lowest BCUT2D eigenvalue weighted by atomic mass is 9.90. The number of imide groups is 1. The number of carboxylic acid groups (broad SMARTS) is 1. The topological polar surface area (TPSA) is 74.7 Å². The number of anilines is 1. The molecule has 26 heavy (non-hydrogen) atoms. The molecule has 5 nitrogen and oxygen atoms in total. The third kappa shape index (κ3) is 2.65. The van der Waals surface area contributed by atoms with E-state index >= 15 is 0 Å². The van der Waals surface area contributed by atoms with Gasteiger partial charge in [-0.15, -0.1) is 11.8 Å². The zero-order valence-corrected chi connectivity index (χ0v) is 15.2. The number of nitrogens with zero attached hydrogens (tertiary/aromatic N) is 1. The van der Waals surface area contributed by atoms with E-state index in [1.54, 1.807) is 6.08 Å². The van der Waals surface area contributed by atoms with E-state index in [0.29, 0.717) is 29.7 Å². The van der Waals surface area contributed by atoms with Gasteiger partial charge < -0.3 is 5.11 Å². The second-order valence-electron chi connectivity index (χ2n) is 6.76. The molecular weight excluding hydrogens is 381 g/mol. The minimum atomic E-state index is -0.964. The molecule has 1 saturated carbocycles. The van der Waals surface area contributed by atoms with Gasteiger partial charge in [-0.2, -0.15) is 0 Å². The zero-order valence-electron chi connectivity index (χ0n) is 13.6. The Bertz CT molecular complexity index is 880. The third-order valence-electron chi connectivity index (χ3n) is 5.05. The molecule has 1 aromatic carbocycles. The van der Waals surface area contributed by atoms with E-state index in [9.17, 15) is 23.9 Å². The molecule has 0 radical (unpaired) electrons. The van der Waals surface area contributed by atoms with Crippen molar-refractivity contribution < 1.29 is 23.9 Å². The number of thioether (sulfide) groups is 1. The Kier molecular flexibility index (Phi) is 4.11. The maximum atomic E-state index is 14.5. The first kappa shape index (κ1) is 17.5. The number of carbonyl (C=O) groups excluding carboxylic acids is 2. The lowest BCUT2D eigenvalue weighted by Crippen LogP contribution is -2.31. The molecule has 8 heteroatoms. The van der Waals surface area contributed by atoms with E-state index in [-0.39, 0.29) is 10.7 Å². The van der Waals surface area contributed by atoms with Crippen LogP contribution < -0.4 is 4.90 Å². The Morgan fingerprint density at radius 3 is 2.69 bits per heavy atom. The van der Waals surface area contributed by atoms with Gasteiger partial charge in [0.1, 0.15) is 10.6 Å². The number of halogens is 2. The van der Waals surface area contributed by atoms with Crippen molar-refractivity contribution >= 4 is 46.8 Å². The summed E-state index contributed by atoms with van der Waals surface area (Å²) in [6, 6.07) is 2.35. The summed E-state index contributed by atoms with van der Waals surface area (Å²) in [5, 5.41) is 9.42. The summed E-state index contributed by atoms with van der Waals surface area (Å²) in [4.78, 5) is 38.0. The average Bonchev–Trinajstić information content (AvgIpc) is 3.35. The number of rotatable bonds is 4. The second kappa shape index (κ2) is 6.09. The Morgan fingerprint density at radius 1 is 1.35 bits per heavy atom. The number of aliphatic carboxylic acids is 1. The molecule has 3 aliphatic rings. The second-order valence-corrected chi connectivity index (χ2v) is 8.59. The molecule has 1 heterocycles. The van der Waals surface area contributed by atoms with Crippen molar-refractivity contribution in [3.63, 3.8) is 0 Å². The van der Waals surface area contributed by atoms with Gasteiger partial charge in [-0.25, -0.2) is 9.29 Å². The molecule has 0 spiro atoms. The van der Waals surface area contributed by atoms with Crippen molar-refractivity contribution in [2.24, 2.45) is 5.92 Å². The Hall–Kier alpha value is -1.86. The minimum Gasteiger partial charge on any atom is -0.480 e. The summed E-state index contributed by atoms with van der Waals surface area (Å²) in [7, 11) is 0. The van der Waals surface area contributed by atoms with E-state index in [2.05, 4.69) is 0 Å². The van der Waals surface area contributed by atoms with Gasteiger partial charge in [-0.3, -0.25) is 14.4 Å². The first-order chi connectivity index (χ1) is 12.3. The summed E-state index contributed by atoms with van der Waals surface area (Å²) in [6.07, 6.45) is 4.85. The highest BCUT2D eigenvalue weighted by Gasteiger charge is 2.52. The normalized spacial score (nSPS) is 23.7. The molecule has 2 aliphatic carbocycles. The van der Waals surface area contributed by atoms with Crippen LogP contribution in [0.5, 0.6) is 0 Å². The van der Waals surface area contributed by atoms with Crippen molar-refractivity contribution in [3.05, 3.63) is 34.6 Å². The standard InChI is InChI=1S/C18H15ClFNO4S/c19-11-7-12(20)13(8-14(11)26-18(5-6-18)17(24)25)21-15(22)9-3-1-2-4-10(9)16(21)23/h3,7-8,10H,1-2,4-6H2,(H,24,25). The van der Waals surface area contributed by atoms with Gasteiger partial charge in [0, 0.05) is 10.5 Å². The molecule has 136 valence electrons. The van der Waals surface area contributed by atoms with E-state index < -0.39 is 34.3 Å². The summed E-state index contributed by atoms with van der Waals surface area (Å²) in [5.41, 5.74) is 0.261.